The van der Waals surface area contributed by atoms with E-state index in [0.717, 1.165) is 6.42 Å². The second-order valence-electron chi connectivity index (χ2n) is 3.46. The molecule has 0 radical (unpaired) electrons. The largest absolute Gasteiger partial charge is 0.234 e. The van der Waals surface area contributed by atoms with Gasteiger partial charge in [0.1, 0.15) is 5.94 Å². The molecule has 0 bridgehead atoms. The molecule has 86 valence electrons. The van der Waals surface area contributed by atoms with Crippen LogP contribution in [0.5, 0.6) is 0 Å². The third kappa shape index (κ3) is 4.96. The molecule has 0 aromatic heterocycles. The molecule has 2 rings (SSSR count). The van der Waals surface area contributed by atoms with Crippen LogP contribution in [-0.2, 0) is 4.79 Å². The molecular formula is C16H16O. The van der Waals surface area contributed by atoms with E-state index in [-0.39, 0.29) is 0 Å². The summed E-state index contributed by atoms with van der Waals surface area (Å²) < 4.78 is 0. The first-order valence-corrected chi connectivity index (χ1v) is 5.68. The molecule has 2 aromatic rings. The van der Waals surface area contributed by atoms with E-state index in [1.165, 1.54) is 17.2 Å². The summed E-state index contributed by atoms with van der Waals surface area (Å²) in [6.45, 7) is 1.89. The molecule has 1 heteroatoms. The quantitative estimate of drug-likeness (QED) is 0.701. The van der Waals surface area contributed by atoms with E-state index in [1.54, 1.807) is 5.94 Å². The number of carbonyl (C=O) groups excluding carboxylic acids is 1. The zero-order valence-electron chi connectivity index (χ0n) is 9.97. The third-order valence-corrected chi connectivity index (χ3v) is 2.17. The van der Waals surface area contributed by atoms with Crippen molar-refractivity contribution in [1.29, 1.82) is 0 Å². The molecule has 0 aliphatic carbocycles. The monoisotopic (exact) mass is 224 g/mol. The standard InChI is InChI=1S/C12H10.C4H6O/c1-3-7-11(8-4-1)12-9-5-2-6-10-12;1-2-3-4-5/h1-10H;3H,2H2,1H3. The molecule has 17 heavy (non-hydrogen) atoms. The minimum Gasteiger partial charge on any atom is -0.234 e. The highest BCUT2D eigenvalue weighted by molar-refractivity contribution is 5.62. The van der Waals surface area contributed by atoms with Crippen LogP contribution in [-0.4, -0.2) is 5.94 Å². The zero-order valence-corrected chi connectivity index (χ0v) is 9.97. The van der Waals surface area contributed by atoms with Gasteiger partial charge in [0.05, 0.1) is 0 Å². The summed E-state index contributed by atoms with van der Waals surface area (Å²) in [5.41, 5.74) is 2.55. The van der Waals surface area contributed by atoms with Gasteiger partial charge in [-0.25, -0.2) is 4.79 Å². The first kappa shape index (κ1) is 13.0. The Balaban J connectivity index is 0.000000249. The van der Waals surface area contributed by atoms with Crippen LogP contribution in [0.3, 0.4) is 0 Å². The van der Waals surface area contributed by atoms with Gasteiger partial charge in [-0.2, -0.15) is 0 Å². The molecule has 0 unspecified atom stereocenters. The molecule has 1 nitrogen and oxygen atoms in total. The van der Waals surface area contributed by atoms with Crippen LogP contribution in [0.2, 0.25) is 0 Å². The van der Waals surface area contributed by atoms with Gasteiger partial charge in [-0.1, -0.05) is 67.6 Å². The van der Waals surface area contributed by atoms with Crippen molar-refractivity contribution in [2.24, 2.45) is 0 Å². The molecule has 0 aliphatic rings. The molecular weight excluding hydrogens is 208 g/mol. The van der Waals surface area contributed by atoms with E-state index in [1.807, 2.05) is 19.1 Å². The number of allylic oxidation sites excluding steroid dienone is 1. The van der Waals surface area contributed by atoms with E-state index in [4.69, 9.17) is 0 Å². The highest BCUT2D eigenvalue weighted by Crippen LogP contribution is 2.17. The molecule has 0 amide bonds. The average molecular weight is 224 g/mol. The third-order valence-electron chi connectivity index (χ3n) is 2.17. The van der Waals surface area contributed by atoms with Crippen LogP contribution < -0.4 is 0 Å². The van der Waals surface area contributed by atoms with Crippen LogP contribution in [0.1, 0.15) is 13.3 Å². The maximum absolute atomic E-state index is 9.22. The number of hydrogen-bond donors (Lipinski definition) is 0. The molecule has 0 N–H and O–H groups in total. The lowest BCUT2D eigenvalue weighted by atomic mass is 10.1. The lowest BCUT2D eigenvalue weighted by molar-refractivity contribution is 0.568. The van der Waals surface area contributed by atoms with E-state index >= 15 is 0 Å². The number of benzene rings is 2. The van der Waals surface area contributed by atoms with Crippen molar-refractivity contribution < 1.29 is 4.79 Å². The van der Waals surface area contributed by atoms with Crippen LogP contribution in [0.25, 0.3) is 11.1 Å². The van der Waals surface area contributed by atoms with Gasteiger partial charge in [0.15, 0.2) is 0 Å². The summed E-state index contributed by atoms with van der Waals surface area (Å²) in [6.07, 6.45) is 2.24. The van der Waals surface area contributed by atoms with Gasteiger partial charge in [0, 0.05) is 0 Å². The van der Waals surface area contributed by atoms with Crippen molar-refractivity contribution in [1.82, 2.24) is 0 Å². The van der Waals surface area contributed by atoms with E-state index in [0.29, 0.717) is 0 Å². The van der Waals surface area contributed by atoms with E-state index in [2.05, 4.69) is 48.5 Å². The van der Waals surface area contributed by atoms with Crippen molar-refractivity contribution in [3.8, 4) is 11.1 Å². The first-order valence-electron chi connectivity index (χ1n) is 5.68. The summed E-state index contributed by atoms with van der Waals surface area (Å²) >= 11 is 0. The Hall–Kier alpha value is -2.11. The summed E-state index contributed by atoms with van der Waals surface area (Å²) in [6, 6.07) is 20.8. The van der Waals surface area contributed by atoms with Crippen molar-refractivity contribution in [3.63, 3.8) is 0 Å². The fraction of sp³-hybridized carbons (Fsp3) is 0.125. The van der Waals surface area contributed by atoms with Gasteiger partial charge in [0.25, 0.3) is 0 Å². The fourth-order valence-corrected chi connectivity index (χ4v) is 1.34. The topological polar surface area (TPSA) is 17.1 Å². The normalized spacial score (nSPS) is 8.53. The Morgan fingerprint density at radius 2 is 1.29 bits per heavy atom. The number of hydrogen-bond acceptors (Lipinski definition) is 1. The van der Waals surface area contributed by atoms with E-state index in [9.17, 15) is 4.79 Å². The Morgan fingerprint density at radius 1 is 0.882 bits per heavy atom. The van der Waals surface area contributed by atoms with E-state index < -0.39 is 0 Å². The van der Waals surface area contributed by atoms with Crippen LogP contribution in [0, 0.1) is 0 Å². The summed E-state index contributed by atoms with van der Waals surface area (Å²) in [5.74, 6) is 1.64. The predicted molar refractivity (Wildman–Crippen MR) is 72.4 cm³/mol. The smallest absolute Gasteiger partial charge is 0.120 e. The van der Waals surface area contributed by atoms with Gasteiger partial charge in [-0.15, -0.1) is 0 Å². The van der Waals surface area contributed by atoms with Crippen molar-refractivity contribution in [2.45, 2.75) is 13.3 Å². The predicted octanol–water partition coefficient (Wildman–Crippen LogP) is 4.14. The Bertz CT molecular complexity index is 416. The molecule has 0 saturated heterocycles. The molecule has 0 saturated carbocycles. The van der Waals surface area contributed by atoms with Crippen molar-refractivity contribution in [3.05, 3.63) is 66.7 Å². The highest BCUT2D eigenvalue weighted by atomic mass is 16.1. The van der Waals surface area contributed by atoms with Crippen molar-refractivity contribution in [2.75, 3.05) is 0 Å². The maximum Gasteiger partial charge on any atom is 0.120 e. The Labute approximate surface area is 102 Å². The molecule has 0 heterocycles. The van der Waals surface area contributed by atoms with Crippen LogP contribution >= 0.6 is 0 Å². The molecule has 0 fully saturated rings. The fourth-order valence-electron chi connectivity index (χ4n) is 1.34. The highest BCUT2D eigenvalue weighted by Gasteiger charge is 1.91. The summed E-state index contributed by atoms with van der Waals surface area (Å²) in [4.78, 5) is 9.22. The molecule has 0 spiro atoms. The van der Waals surface area contributed by atoms with Crippen molar-refractivity contribution >= 4 is 5.94 Å². The molecule has 0 atom stereocenters. The van der Waals surface area contributed by atoms with Crippen LogP contribution in [0.15, 0.2) is 66.7 Å². The van der Waals surface area contributed by atoms with Gasteiger partial charge in [0.2, 0.25) is 0 Å². The second kappa shape index (κ2) is 8.09. The lowest BCUT2D eigenvalue weighted by Gasteiger charge is -1.98. The lowest BCUT2D eigenvalue weighted by Crippen LogP contribution is -1.73. The maximum atomic E-state index is 9.22. The summed E-state index contributed by atoms with van der Waals surface area (Å²) in [7, 11) is 0. The van der Waals surface area contributed by atoms with Crippen LogP contribution in [0.4, 0.5) is 0 Å². The van der Waals surface area contributed by atoms with Gasteiger partial charge < -0.3 is 0 Å². The minimum absolute atomic E-state index is 0.795. The average Bonchev–Trinajstić information content (AvgIpc) is 2.42. The molecule has 2 aromatic carbocycles. The second-order valence-corrected chi connectivity index (χ2v) is 3.46. The minimum atomic E-state index is 0.795. The Kier molecular flexibility index (Phi) is 6.17. The summed E-state index contributed by atoms with van der Waals surface area (Å²) in [5, 5.41) is 0. The van der Waals surface area contributed by atoms with Gasteiger partial charge in [-0.05, 0) is 23.6 Å². The Morgan fingerprint density at radius 3 is 1.53 bits per heavy atom. The molecule has 0 aliphatic heterocycles. The zero-order chi connectivity index (χ0) is 12.3. The number of rotatable bonds is 2. The van der Waals surface area contributed by atoms with Gasteiger partial charge in [-0.3, -0.25) is 0 Å². The van der Waals surface area contributed by atoms with Gasteiger partial charge >= 0.3 is 0 Å². The SMILES string of the molecule is CCC=C=O.c1ccc(-c2ccccc2)cc1. The first-order chi connectivity index (χ1) is 8.38.